The third kappa shape index (κ3) is 1.98. The fourth-order valence-electron chi connectivity index (χ4n) is 1.63. The smallest absolute Gasteiger partial charge is 0.169 e. The van der Waals surface area contributed by atoms with Crippen LogP contribution in [0.25, 0.3) is 11.1 Å². The van der Waals surface area contributed by atoms with Crippen LogP contribution in [0, 0.1) is 17.5 Å². The summed E-state index contributed by atoms with van der Waals surface area (Å²) in [5.74, 6) is -2.84. The van der Waals surface area contributed by atoms with E-state index in [4.69, 9.17) is 4.74 Å². The molecule has 0 aliphatic heterocycles. The summed E-state index contributed by atoms with van der Waals surface area (Å²) in [5, 5.41) is 0. The molecule has 0 saturated heterocycles. The Morgan fingerprint density at radius 2 is 1.53 bits per heavy atom. The van der Waals surface area contributed by atoms with Crippen molar-refractivity contribution in [1.29, 1.82) is 0 Å². The molecular weight excluding hydrogens is 229 g/mol. The van der Waals surface area contributed by atoms with Crippen molar-refractivity contribution >= 4 is 0 Å². The summed E-state index contributed by atoms with van der Waals surface area (Å²) in [7, 11) is 1.38. The minimum Gasteiger partial charge on any atom is -0.496 e. The molecule has 0 heterocycles. The lowest BCUT2D eigenvalue weighted by Crippen LogP contribution is -1.96. The molecular formula is C13H9F3O. The van der Waals surface area contributed by atoms with Crippen LogP contribution in [0.5, 0.6) is 5.75 Å². The fraction of sp³-hybridized carbons (Fsp3) is 0.0769. The highest BCUT2D eigenvalue weighted by atomic mass is 19.2. The van der Waals surface area contributed by atoms with Crippen molar-refractivity contribution in [3.05, 3.63) is 53.8 Å². The van der Waals surface area contributed by atoms with E-state index in [1.165, 1.54) is 13.2 Å². The second kappa shape index (κ2) is 4.49. The van der Waals surface area contributed by atoms with E-state index >= 15 is 0 Å². The number of rotatable bonds is 2. The molecule has 88 valence electrons. The maximum Gasteiger partial charge on any atom is 0.169 e. The Morgan fingerprint density at radius 3 is 2.24 bits per heavy atom. The zero-order chi connectivity index (χ0) is 12.4. The zero-order valence-electron chi connectivity index (χ0n) is 9.01. The molecule has 2 rings (SSSR count). The van der Waals surface area contributed by atoms with Crippen LogP contribution < -0.4 is 4.74 Å². The Hall–Kier alpha value is -1.97. The van der Waals surface area contributed by atoms with Crippen LogP contribution in [0.4, 0.5) is 13.2 Å². The van der Waals surface area contributed by atoms with Gasteiger partial charge in [0.25, 0.3) is 0 Å². The summed E-state index contributed by atoms with van der Waals surface area (Å²) in [6, 6.07) is 7.93. The third-order valence-corrected chi connectivity index (χ3v) is 2.42. The molecule has 4 heteroatoms. The second-order valence-corrected chi connectivity index (χ2v) is 3.42. The van der Waals surface area contributed by atoms with Crippen molar-refractivity contribution in [1.82, 2.24) is 0 Å². The second-order valence-electron chi connectivity index (χ2n) is 3.42. The van der Waals surface area contributed by atoms with Gasteiger partial charge in [0.15, 0.2) is 11.6 Å². The van der Waals surface area contributed by atoms with Crippen LogP contribution in [-0.2, 0) is 0 Å². The van der Waals surface area contributed by atoms with Gasteiger partial charge in [-0.2, -0.15) is 0 Å². The lowest BCUT2D eigenvalue weighted by Gasteiger charge is -2.10. The van der Waals surface area contributed by atoms with Crippen LogP contribution in [0.2, 0.25) is 0 Å². The van der Waals surface area contributed by atoms with Gasteiger partial charge in [0.1, 0.15) is 11.6 Å². The summed E-state index contributed by atoms with van der Waals surface area (Å²) in [5.41, 5.74) is -0.230. The lowest BCUT2D eigenvalue weighted by molar-refractivity contribution is 0.415. The number of halogens is 3. The first kappa shape index (κ1) is 11.5. The van der Waals surface area contributed by atoms with E-state index in [2.05, 4.69) is 0 Å². The van der Waals surface area contributed by atoms with Gasteiger partial charge in [0, 0.05) is 5.56 Å². The highest BCUT2D eigenvalue weighted by Gasteiger charge is 2.18. The van der Waals surface area contributed by atoms with Crippen LogP contribution in [0.15, 0.2) is 36.4 Å². The summed E-state index contributed by atoms with van der Waals surface area (Å²) >= 11 is 0. The van der Waals surface area contributed by atoms with Gasteiger partial charge in [-0.05, 0) is 18.2 Å². The summed E-state index contributed by atoms with van der Waals surface area (Å²) in [6.45, 7) is 0. The number of methoxy groups -OCH3 is 1. The number of hydrogen-bond acceptors (Lipinski definition) is 1. The molecule has 0 unspecified atom stereocenters. The molecule has 1 nitrogen and oxygen atoms in total. The van der Waals surface area contributed by atoms with Gasteiger partial charge in [-0.25, -0.2) is 13.2 Å². The van der Waals surface area contributed by atoms with Crippen LogP contribution in [0.3, 0.4) is 0 Å². The van der Waals surface area contributed by atoms with Gasteiger partial charge < -0.3 is 4.74 Å². The summed E-state index contributed by atoms with van der Waals surface area (Å²) < 4.78 is 45.3. The molecule has 0 aliphatic carbocycles. The van der Waals surface area contributed by atoms with E-state index in [0.717, 1.165) is 12.1 Å². The minimum atomic E-state index is -1.21. The summed E-state index contributed by atoms with van der Waals surface area (Å²) in [4.78, 5) is 0. The molecule has 0 amide bonds. The average molecular weight is 238 g/mol. The number of benzene rings is 2. The molecule has 0 fully saturated rings. The predicted octanol–water partition coefficient (Wildman–Crippen LogP) is 3.78. The summed E-state index contributed by atoms with van der Waals surface area (Å²) in [6.07, 6.45) is 0. The highest BCUT2D eigenvalue weighted by molar-refractivity contribution is 5.71. The Morgan fingerprint density at radius 1 is 0.882 bits per heavy atom. The molecule has 0 aromatic heterocycles. The molecule has 0 spiro atoms. The quantitative estimate of drug-likeness (QED) is 0.723. The van der Waals surface area contributed by atoms with Crippen molar-refractivity contribution in [3.63, 3.8) is 0 Å². The van der Waals surface area contributed by atoms with Crippen molar-refractivity contribution in [2.45, 2.75) is 0 Å². The molecule has 0 bridgehead atoms. The Kier molecular flexibility index (Phi) is 3.04. The standard InChI is InChI=1S/C13H9F3O/c1-17-11-5-3-2-4-8(11)12-9(14)6-7-10(15)13(12)16/h2-7H,1H3. The van der Waals surface area contributed by atoms with Gasteiger partial charge in [0.2, 0.25) is 0 Å². The first-order chi connectivity index (χ1) is 8.15. The topological polar surface area (TPSA) is 9.23 Å². The first-order valence-electron chi connectivity index (χ1n) is 4.92. The maximum absolute atomic E-state index is 13.6. The van der Waals surface area contributed by atoms with Crippen molar-refractivity contribution < 1.29 is 17.9 Å². The van der Waals surface area contributed by atoms with Crippen LogP contribution >= 0.6 is 0 Å². The van der Waals surface area contributed by atoms with Gasteiger partial charge >= 0.3 is 0 Å². The molecule has 0 aliphatic rings. The van der Waals surface area contributed by atoms with E-state index in [0.29, 0.717) is 0 Å². The van der Waals surface area contributed by atoms with E-state index in [1.54, 1.807) is 18.2 Å². The SMILES string of the molecule is COc1ccccc1-c1c(F)ccc(F)c1F. The van der Waals surface area contributed by atoms with Crippen molar-refractivity contribution in [3.8, 4) is 16.9 Å². The molecule has 0 radical (unpaired) electrons. The van der Waals surface area contributed by atoms with E-state index in [9.17, 15) is 13.2 Å². The van der Waals surface area contributed by atoms with Crippen LogP contribution in [0.1, 0.15) is 0 Å². The highest BCUT2D eigenvalue weighted by Crippen LogP contribution is 2.34. The Labute approximate surface area is 96.5 Å². The van der Waals surface area contributed by atoms with Gasteiger partial charge in [-0.15, -0.1) is 0 Å². The largest absolute Gasteiger partial charge is 0.496 e. The Bertz CT molecular complexity index is 552. The monoisotopic (exact) mass is 238 g/mol. The molecule has 2 aromatic carbocycles. The first-order valence-corrected chi connectivity index (χ1v) is 4.92. The molecule has 0 atom stereocenters. The lowest BCUT2D eigenvalue weighted by atomic mass is 10.0. The Balaban J connectivity index is 2.72. The van der Waals surface area contributed by atoms with E-state index in [1.807, 2.05) is 0 Å². The van der Waals surface area contributed by atoms with E-state index < -0.39 is 23.0 Å². The maximum atomic E-state index is 13.6. The minimum absolute atomic E-state index is 0.185. The van der Waals surface area contributed by atoms with Gasteiger partial charge in [-0.1, -0.05) is 18.2 Å². The molecule has 2 aromatic rings. The van der Waals surface area contributed by atoms with Crippen molar-refractivity contribution in [2.75, 3.05) is 7.11 Å². The predicted molar refractivity (Wildman–Crippen MR) is 58.3 cm³/mol. The van der Waals surface area contributed by atoms with Gasteiger partial charge in [-0.3, -0.25) is 0 Å². The fourth-order valence-corrected chi connectivity index (χ4v) is 1.63. The number of hydrogen-bond donors (Lipinski definition) is 0. The van der Waals surface area contributed by atoms with E-state index in [-0.39, 0.29) is 11.3 Å². The molecule has 0 saturated carbocycles. The molecule has 0 N–H and O–H groups in total. The third-order valence-electron chi connectivity index (χ3n) is 2.42. The number of para-hydroxylation sites is 1. The normalized spacial score (nSPS) is 10.4. The zero-order valence-corrected chi connectivity index (χ0v) is 9.01. The molecule has 17 heavy (non-hydrogen) atoms. The van der Waals surface area contributed by atoms with Crippen molar-refractivity contribution in [2.24, 2.45) is 0 Å². The average Bonchev–Trinajstić information content (AvgIpc) is 2.35. The van der Waals surface area contributed by atoms with Crippen LogP contribution in [-0.4, -0.2) is 7.11 Å². The number of ether oxygens (including phenoxy) is 1. The van der Waals surface area contributed by atoms with Gasteiger partial charge in [0.05, 0.1) is 12.7 Å².